The van der Waals surface area contributed by atoms with E-state index in [-0.39, 0.29) is 0 Å². The van der Waals surface area contributed by atoms with E-state index in [4.69, 9.17) is 11.6 Å². The van der Waals surface area contributed by atoms with Crippen LogP contribution in [0.3, 0.4) is 0 Å². The Bertz CT molecular complexity index is 86.1. The Morgan fingerprint density at radius 1 is 1.86 bits per heavy atom. The first-order valence-electron chi connectivity index (χ1n) is 1.99. The molecule has 0 aromatic rings. The van der Waals surface area contributed by atoms with E-state index < -0.39 is 0 Å². The Kier molecular flexibility index (Phi) is 3.71. The molecular formula is C5H7ClO. The van der Waals surface area contributed by atoms with Crippen molar-refractivity contribution in [2.24, 2.45) is 0 Å². The highest BCUT2D eigenvalue weighted by atomic mass is 35.5. The minimum absolute atomic E-state index is 0.421. The lowest BCUT2D eigenvalue weighted by atomic mass is 10.3. The standard InChI is InChI=1S/C5H7ClO/c1-5(4-7)2-3-6/h2,4H,3H2,1H3. The van der Waals surface area contributed by atoms with Crippen LogP contribution >= 0.6 is 11.6 Å². The van der Waals surface area contributed by atoms with Gasteiger partial charge in [-0.1, -0.05) is 6.08 Å². The van der Waals surface area contributed by atoms with Gasteiger partial charge in [-0.05, 0) is 12.5 Å². The van der Waals surface area contributed by atoms with Crippen molar-refractivity contribution in [1.29, 1.82) is 0 Å². The summed E-state index contributed by atoms with van der Waals surface area (Å²) in [6.45, 7) is 1.72. The molecule has 0 fully saturated rings. The second-order valence-corrected chi connectivity index (χ2v) is 1.53. The number of aldehydes is 1. The lowest BCUT2D eigenvalue weighted by molar-refractivity contribution is -0.104. The number of carbonyl (C=O) groups excluding carboxylic acids is 1. The maximum Gasteiger partial charge on any atom is 0.145 e. The van der Waals surface area contributed by atoms with E-state index in [1.54, 1.807) is 13.0 Å². The van der Waals surface area contributed by atoms with Crippen molar-refractivity contribution >= 4 is 17.9 Å². The van der Waals surface area contributed by atoms with Crippen molar-refractivity contribution in [3.63, 3.8) is 0 Å². The van der Waals surface area contributed by atoms with Gasteiger partial charge >= 0.3 is 0 Å². The number of rotatable bonds is 2. The van der Waals surface area contributed by atoms with Crippen LogP contribution in [-0.2, 0) is 4.79 Å². The van der Waals surface area contributed by atoms with Crippen LogP contribution in [-0.4, -0.2) is 12.2 Å². The third-order valence-electron chi connectivity index (χ3n) is 0.585. The van der Waals surface area contributed by atoms with Gasteiger partial charge in [0.15, 0.2) is 0 Å². The van der Waals surface area contributed by atoms with Gasteiger partial charge in [0.25, 0.3) is 0 Å². The van der Waals surface area contributed by atoms with E-state index >= 15 is 0 Å². The summed E-state index contributed by atoms with van der Waals surface area (Å²) in [4.78, 5) is 9.77. The molecule has 0 bridgehead atoms. The molecule has 40 valence electrons. The molecule has 0 aliphatic heterocycles. The first kappa shape index (κ1) is 6.70. The minimum Gasteiger partial charge on any atom is -0.298 e. The Morgan fingerprint density at radius 3 is 2.57 bits per heavy atom. The average Bonchev–Trinajstić information content (AvgIpc) is 1.68. The second kappa shape index (κ2) is 3.88. The van der Waals surface area contributed by atoms with Crippen LogP contribution in [0.5, 0.6) is 0 Å². The van der Waals surface area contributed by atoms with Gasteiger partial charge < -0.3 is 0 Å². The summed E-state index contributed by atoms with van der Waals surface area (Å²) in [5.41, 5.74) is 0.690. The average molecular weight is 119 g/mol. The van der Waals surface area contributed by atoms with Gasteiger partial charge in [0, 0.05) is 5.88 Å². The fraction of sp³-hybridized carbons (Fsp3) is 0.400. The summed E-state index contributed by atoms with van der Waals surface area (Å²) in [7, 11) is 0. The van der Waals surface area contributed by atoms with E-state index in [1.807, 2.05) is 0 Å². The molecular weight excluding hydrogens is 112 g/mol. The van der Waals surface area contributed by atoms with E-state index in [1.165, 1.54) is 0 Å². The van der Waals surface area contributed by atoms with Crippen LogP contribution < -0.4 is 0 Å². The van der Waals surface area contributed by atoms with Crippen LogP contribution in [0.15, 0.2) is 11.6 Å². The molecule has 0 unspecified atom stereocenters. The van der Waals surface area contributed by atoms with Gasteiger partial charge in [0.1, 0.15) is 6.29 Å². The Morgan fingerprint density at radius 2 is 2.43 bits per heavy atom. The highest BCUT2D eigenvalue weighted by molar-refractivity contribution is 6.19. The number of alkyl halides is 1. The molecule has 0 atom stereocenters. The second-order valence-electron chi connectivity index (χ2n) is 1.22. The molecule has 1 nitrogen and oxygen atoms in total. The van der Waals surface area contributed by atoms with Crippen LogP contribution in [0.25, 0.3) is 0 Å². The predicted octanol–water partition coefficient (Wildman–Crippen LogP) is 1.37. The van der Waals surface area contributed by atoms with Gasteiger partial charge in [-0.3, -0.25) is 4.79 Å². The predicted molar refractivity (Wildman–Crippen MR) is 30.5 cm³/mol. The van der Waals surface area contributed by atoms with Gasteiger partial charge in [-0.2, -0.15) is 0 Å². The summed E-state index contributed by atoms with van der Waals surface area (Å²) >= 11 is 5.24. The first-order valence-corrected chi connectivity index (χ1v) is 2.52. The number of hydrogen-bond acceptors (Lipinski definition) is 1. The van der Waals surface area contributed by atoms with Crippen molar-refractivity contribution in [2.45, 2.75) is 6.92 Å². The van der Waals surface area contributed by atoms with Crippen molar-refractivity contribution in [2.75, 3.05) is 5.88 Å². The van der Waals surface area contributed by atoms with E-state index in [0.29, 0.717) is 11.5 Å². The first-order chi connectivity index (χ1) is 3.31. The number of hydrogen-bond donors (Lipinski definition) is 0. The van der Waals surface area contributed by atoms with Crippen LogP contribution in [0, 0.1) is 0 Å². The fourth-order valence-corrected chi connectivity index (χ4v) is 0.413. The summed E-state index contributed by atoms with van der Waals surface area (Å²) in [5.74, 6) is 0.421. The van der Waals surface area contributed by atoms with Crippen LogP contribution in [0.1, 0.15) is 6.92 Å². The highest BCUT2D eigenvalue weighted by Gasteiger charge is 1.77. The maximum absolute atomic E-state index is 9.77. The van der Waals surface area contributed by atoms with Gasteiger partial charge in [0.05, 0.1) is 0 Å². The lowest BCUT2D eigenvalue weighted by Gasteiger charge is -1.78. The largest absolute Gasteiger partial charge is 0.298 e. The van der Waals surface area contributed by atoms with Gasteiger partial charge in [-0.15, -0.1) is 11.6 Å². The monoisotopic (exact) mass is 118 g/mol. The summed E-state index contributed by atoms with van der Waals surface area (Å²) < 4.78 is 0. The van der Waals surface area contributed by atoms with Crippen molar-refractivity contribution in [1.82, 2.24) is 0 Å². The molecule has 0 aliphatic rings. The SMILES string of the molecule is CC(C=O)=CCCl. The zero-order valence-electron chi connectivity index (χ0n) is 4.15. The zero-order chi connectivity index (χ0) is 5.70. The molecule has 0 saturated heterocycles. The highest BCUT2D eigenvalue weighted by Crippen LogP contribution is 1.86. The molecule has 0 amide bonds. The van der Waals surface area contributed by atoms with Crippen molar-refractivity contribution < 1.29 is 4.79 Å². The quantitative estimate of drug-likeness (QED) is 0.304. The summed E-state index contributed by atoms with van der Waals surface area (Å²) in [6.07, 6.45) is 2.44. The molecule has 0 heterocycles. The van der Waals surface area contributed by atoms with Crippen LogP contribution in [0.4, 0.5) is 0 Å². The minimum atomic E-state index is 0.421. The number of carbonyl (C=O) groups is 1. The normalized spacial score (nSPS) is 11.4. The molecule has 0 aromatic heterocycles. The molecule has 0 spiro atoms. The van der Waals surface area contributed by atoms with E-state index in [0.717, 1.165) is 6.29 Å². The maximum atomic E-state index is 9.77. The van der Waals surface area contributed by atoms with E-state index in [9.17, 15) is 4.79 Å². The molecule has 7 heavy (non-hydrogen) atoms. The Balaban J connectivity index is 3.49. The van der Waals surface area contributed by atoms with Crippen LogP contribution in [0.2, 0.25) is 0 Å². The topological polar surface area (TPSA) is 17.1 Å². The fourth-order valence-electron chi connectivity index (χ4n) is 0.170. The number of halogens is 1. The third kappa shape index (κ3) is 3.53. The molecule has 0 aliphatic carbocycles. The molecule has 2 heteroatoms. The van der Waals surface area contributed by atoms with Crippen molar-refractivity contribution in [3.05, 3.63) is 11.6 Å². The van der Waals surface area contributed by atoms with Crippen molar-refractivity contribution in [3.8, 4) is 0 Å². The number of allylic oxidation sites excluding steroid dienone is 2. The Labute approximate surface area is 48.0 Å². The zero-order valence-corrected chi connectivity index (χ0v) is 4.90. The lowest BCUT2D eigenvalue weighted by Crippen LogP contribution is -1.74. The molecule has 0 radical (unpaired) electrons. The molecule has 0 saturated carbocycles. The van der Waals surface area contributed by atoms with Gasteiger partial charge in [0.2, 0.25) is 0 Å². The van der Waals surface area contributed by atoms with Gasteiger partial charge in [-0.25, -0.2) is 0 Å². The molecule has 0 rings (SSSR count). The summed E-state index contributed by atoms with van der Waals surface area (Å²) in [5, 5.41) is 0. The Hall–Kier alpha value is -0.300. The third-order valence-corrected chi connectivity index (χ3v) is 0.739. The molecule has 0 N–H and O–H groups in total. The molecule has 0 aromatic carbocycles. The van der Waals surface area contributed by atoms with E-state index in [2.05, 4.69) is 0 Å². The summed E-state index contributed by atoms with van der Waals surface area (Å²) in [6, 6.07) is 0. The smallest absolute Gasteiger partial charge is 0.145 e.